The number of thiazole rings is 1. The first-order chi connectivity index (χ1) is 15.2. The van der Waals surface area contributed by atoms with Crippen LogP contribution in [0.4, 0.5) is 9.80 Å². The fourth-order valence-electron chi connectivity index (χ4n) is 3.51. The maximum Gasteiger partial charge on any atom is 0.410 e. The number of nitrogens with zero attached hydrogens (tertiary/aromatic N) is 3. The van der Waals surface area contributed by atoms with Crippen LogP contribution in [0, 0.1) is 0 Å². The second-order valence-electron chi connectivity index (χ2n) is 8.62. The number of thiophene rings is 1. The van der Waals surface area contributed by atoms with Crippen LogP contribution in [-0.2, 0) is 22.5 Å². The number of ether oxygens (including phenoxy) is 1. The number of rotatable bonds is 5. The van der Waals surface area contributed by atoms with E-state index in [0.717, 1.165) is 36.2 Å². The van der Waals surface area contributed by atoms with E-state index in [0.29, 0.717) is 32.5 Å². The Morgan fingerprint density at radius 1 is 1.28 bits per heavy atom. The van der Waals surface area contributed by atoms with Crippen molar-refractivity contribution in [3.05, 3.63) is 28.9 Å². The van der Waals surface area contributed by atoms with E-state index in [4.69, 9.17) is 9.72 Å². The number of carbonyl (C=O) groups is 2. The molecule has 2 amide bonds. The zero-order valence-corrected chi connectivity index (χ0v) is 20.3. The van der Waals surface area contributed by atoms with Crippen molar-refractivity contribution in [3.63, 3.8) is 0 Å². The lowest BCUT2D eigenvalue weighted by molar-refractivity contribution is -0.116. The molecule has 0 aromatic carbocycles. The lowest BCUT2D eigenvalue weighted by Gasteiger charge is -2.30. The third-order valence-electron chi connectivity index (χ3n) is 4.97. The summed E-state index contributed by atoms with van der Waals surface area (Å²) >= 11 is 3.11. The summed E-state index contributed by atoms with van der Waals surface area (Å²) < 4.78 is 6.61. The molecule has 170 valence electrons. The summed E-state index contributed by atoms with van der Waals surface area (Å²) in [5.74, 6) is -0.0500. The van der Waals surface area contributed by atoms with Crippen LogP contribution in [-0.4, -0.2) is 52.6 Å². The Bertz CT molecular complexity index is 1120. The topological polar surface area (TPSA) is 96.5 Å². The average molecular weight is 474 g/mol. The molecule has 0 aliphatic carbocycles. The fraction of sp³-hybridized carbons (Fsp3) is 0.455. The first kappa shape index (κ1) is 22.6. The minimum atomic E-state index is -0.542. The molecule has 3 aromatic heterocycles. The van der Waals surface area contributed by atoms with Crippen LogP contribution in [0.15, 0.2) is 18.5 Å². The molecule has 4 rings (SSSR count). The first-order valence-corrected chi connectivity index (χ1v) is 12.2. The molecule has 0 fully saturated rings. The first-order valence-electron chi connectivity index (χ1n) is 10.5. The van der Waals surface area contributed by atoms with Gasteiger partial charge in [-0.1, -0.05) is 0 Å². The molecular formula is C22H27N5O3S2. The van der Waals surface area contributed by atoms with Crippen LogP contribution in [0.25, 0.3) is 20.8 Å². The molecule has 4 heterocycles. The van der Waals surface area contributed by atoms with Crippen molar-refractivity contribution in [2.24, 2.45) is 0 Å². The lowest BCUT2D eigenvalue weighted by atomic mass is 10.0. The van der Waals surface area contributed by atoms with Gasteiger partial charge in [0.15, 0.2) is 0 Å². The molecule has 0 atom stereocenters. The molecule has 0 saturated heterocycles. The molecule has 0 unspecified atom stereocenters. The van der Waals surface area contributed by atoms with Gasteiger partial charge >= 0.3 is 6.09 Å². The highest BCUT2D eigenvalue weighted by atomic mass is 32.1. The molecular weight excluding hydrogens is 446 g/mol. The van der Waals surface area contributed by atoms with E-state index in [1.54, 1.807) is 28.6 Å². The van der Waals surface area contributed by atoms with Gasteiger partial charge < -0.3 is 20.3 Å². The zero-order chi connectivity index (χ0) is 22.9. The highest BCUT2D eigenvalue weighted by Crippen LogP contribution is 2.45. The summed E-state index contributed by atoms with van der Waals surface area (Å²) in [6.45, 7) is 7.22. The number of aromatic nitrogens is 2. The Morgan fingerprint density at radius 2 is 2.09 bits per heavy atom. The summed E-state index contributed by atoms with van der Waals surface area (Å²) in [4.78, 5) is 36.9. The van der Waals surface area contributed by atoms with Gasteiger partial charge in [0, 0.05) is 36.1 Å². The summed E-state index contributed by atoms with van der Waals surface area (Å²) in [7, 11) is 1.82. The van der Waals surface area contributed by atoms with Gasteiger partial charge in [-0.3, -0.25) is 9.78 Å². The maximum absolute atomic E-state index is 12.6. The number of hydrogen-bond donors (Lipinski definition) is 2. The number of nitrogens with one attached hydrogen (secondary N) is 2. The molecule has 1 aliphatic heterocycles. The Kier molecular flexibility index (Phi) is 6.45. The highest BCUT2D eigenvalue weighted by molar-refractivity contribution is 7.22. The molecule has 3 aromatic rings. The molecule has 0 spiro atoms. The predicted molar refractivity (Wildman–Crippen MR) is 128 cm³/mol. The van der Waals surface area contributed by atoms with Crippen molar-refractivity contribution in [1.82, 2.24) is 20.2 Å². The van der Waals surface area contributed by atoms with Crippen LogP contribution in [0.2, 0.25) is 0 Å². The maximum atomic E-state index is 12.6. The molecule has 8 nitrogen and oxygen atoms in total. The van der Waals surface area contributed by atoms with Gasteiger partial charge in [-0.05, 0) is 45.9 Å². The van der Waals surface area contributed by atoms with E-state index < -0.39 is 5.60 Å². The van der Waals surface area contributed by atoms with Gasteiger partial charge in [-0.2, -0.15) is 0 Å². The molecule has 0 saturated carbocycles. The van der Waals surface area contributed by atoms with Crippen molar-refractivity contribution < 1.29 is 14.3 Å². The number of amides is 2. The minimum absolute atomic E-state index is 0.0500. The number of hydrogen-bond acceptors (Lipinski definition) is 8. The lowest BCUT2D eigenvalue weighted by Crippen LogP contribution is -2.39. The summed E-state index contributed by atoms with van der Waals surface area (Å²) in [5.41, 5.74) is 2.41. The number of pyridine rings is 1. The Morgan fingerprint density at radius 3 is 2.81 bits per heavy atom. The van der Waals surface area contributed by atoms with E-state index >= 15 is 0 Å². The van der Waals surface area contributed by atoms with Crippen molar-refractivity contribution in [2.45, 2.75) is 45.8 Å². The quantitative estimate of drug-likeness (QED) is 0.575. The zero-order valence-electron chi connectivity index (χ0n) is 18.7. The summed E-state index contributed by atoms with van der Waals surface area (Å²) in [6.07, 6.45) is 4.26. The SMILES string of the molecule is CNCCC(=O)Nc1sc2c(c1-c1nc3cnccc3s1)CCN(C(=O)OC(C)(C)C)C2. The number of anilines is 1. The summed E-state index contributed by atoms with van der Waals surface area (Å²) in [5, 5.41) is 7.73. The number of fused-ring (bicyclic) bond motifs is 2. The molecule has 1 aliphatic rings. The Hall–Kier alpha value is -2.56. The summed E-state index contributed by atoms with van der Waals surface area (Å²) in [6, 6.07) is 1.95. The normalized spacial score (nSPS) is 13.8. The second-order valence-corrected chi connectivity index (χ2v) is 10.8. The van der Waals surface area contributed by atoms with E-state index in [1.165, 1.54) is 11.3 Å². The highest BCUT2D eigenvalue weighted by Gasteiger charge is 2.31. The van der Waals surface area contributed by atoms with E-state index in [-0.39, 0.29) is 12.0 Å². The van der Waals surface area contributed by atoms with Crippen LogP contribution in [0.1, 0.15) is 37.6 Å². The van der Waals surface area contributed by atoms with Crippen LogP contribution in [0.5, 0.6) is 0 Å². The largest absolute Gasteiger partial charge is 0.444 e. The van der Waals surface area contributed by atoms with Gasteiger partial charge in [-0.25, -0.2) is 9.78 Å². The number of carbonyl (C=O) groups excluding carboxylic acids is 2. The van der Waals surface area contributed by atoms with E-state index in [9.17, 15) is 9.59 Å². The van der Waals surface area contributed by atoms with Gasteiger partial charge in [-0.15, -0.1) is 22.7 Å². The van der Waals surface area contributed by atoms with Gasteiger partial charge in [0.2, 0.25) is 5.91 Å². The Balaban J connectivity index is 1.69. The molecule has 10 heteroatoms. The van der Waals surface area contributed by atoms with Crippen molar-refractivity contribution >= 4 is 49.9 Å². The third-order valence-corrected chi connectivity index (χ3v) is 7.15. The second kappa shape index (κ2) is 9.13. The van der Waals surface area contributed by atoms with Crippen LogP contribution < -0.4 is 10.6 Å². The van der Waals surface area contributed by atoms with Crippen molar-refractivity contribution in [2.75, 3.05) is 25.5 Å². The van der Waals surface area contributed by atoms with Crippen LogP contribution in [0.3, 0.4) is 0 Å². The molecule has 2 N–H and O–H groups in total. The predicted octanol–water partition coefficient (Wildman–Crippen LogP) is 4.26. The van der Waals surface area contributed by atoms with Crippen molar-refractivity contribution in [1.29, 1.82) is 0 Å². The van der Waals surface area contributed by atoms with Gasteiger partial charge in [0.1, 0.15) is 21.1 Å². The standard InChI is InChI=1S/C22H27N5O3S2/c1-22(2,3)30-21(29)27-10-7-13-16(12-27)32-20(26-17(28)6-8-23-4)18(13)19-25-14-11-24-9-5-15(14)31-19/h5,9,11,23H,6-8,10,12H2,1-4H3,(H,26,28). The van der Waals surface area contributed by atoms with Gasteiger partial charge in [0.05, 0.1) is 17.4 Å². The minimum Gasteiger partial charge on any atom is -0.444 e. The molecule has 0 bridgehead atoms. The Labute approximate surface area is 195 Å². The average Bonchev–Trinajstić information content (AvgIpc) is 3.30. The monoisotopic (exact) mass is 473 g/mol. The molecule has 32 heavy (non-hydrogen) atoms. The van der Waals surface area contributed by atoms with E-state index in [2.05, 4.69) is 15.6 Å². The van der Waals surface area contributed by atoms with Gasteiger partial charge in [0.25, 0.3) is 0 Å². The van der Waals surface area contributed by atoms with Crippen LogP contribution >= 0.6 is 22.7 Å². The fourth-order valence-corrected chi connectivity index (χ4v) is 5.87. The van der Waals surface area contributed by atoms with Crippen molar-refractivity contribution in [3.8, 4) is 10.6 Å². The van der Waals surface area contributed by atoms with E-state index in [1.807, 2.05) is 33.9 Å². The molecule has 0 radical (unpaired) electrons. The third kappa shape index (κ3) is 4.92. The smallest absolute Gasteiger partial charge is 0.410 e.